The lowest BCUT2D eigenvalue weighted by atomic mass is 10.0. The number of nitriles is 1. The summed E-state index contributed by atoms with van der Waals surface area (Å²) in [6, 6.07) is 8.07. The lowest BCUT2D eigenvalue weighted by Crippen LogP contribution is -2.44. The van der Waals surface area contributed by atoms with Gasteiger partial charge in [0.1, 0.15) is 11.9 Å². The molecule has 0 atom stereocenters. The molecule has 3 rings (SSSR count). The molecule has 2 aromatic heterocycles. The Morgan fingerprint density at radius 3 is 2.79 bits per heavy atom. The highest BCUT2D eigenvalue weighted by molar-refractivity contribution is 6.31. The van der Waals surface area contributed by atoms with Crippen LogP contribution in [-0.4, -0.2) is 52.4 Å². The smallest absolute Gasteiger partial charge is 0.161 e. The first kappa shape index (κ1) is 16.7. The Bertz CT molecular complexity index is 700. The normalized spacial score (nSPS) is 16.0. The van der Waals surface area contributed by atoms with Crippen molar-refractivity contribution >= 4 is 17.4 Å². The van der Waals surface area contributed by atoms with Crippen molar-refractivity contribution in [3.8, 4) is 6.07 Å². The molecule has 0 saturated carbocycles. The summed E-state index contributed by atoms with van der Waals surface area (Å²) < 4.78 is 1.97. The summed E-state index contributed by atoms with van der Waals surface area (Å²) in [5.74, 6) is 0.811. The van der Waals surface area contributed by atoms with E-state index in [1.54, 1.807) is 6.07 Å². The Morgan fingerprint density at radius 1 is 1.33 bits per heavy atom. The van der Waals surface area contributed by atoms with Crippen LogP contribution >= 0.6 is 11.6 Å². The molecule has 0 radical (unpaired) electrons. The highest BCUT2D eigenvalue weighted by Gasteiger charge is 2.23. The highest BCUT2D eigenvalue weighted by atomic mass is 35.5. The zero-order valence-corrected chi connectivity index (χ0v) is 14.5. The first-order valence-electron chi connectivity index (χ1n) is 8.16. The van der Waals surface area contributed by atoms with Crippen molar-refractivity contribution in [2.45, 2.75) is 25.4 Å². The van der Waals surface area contributed by atoms with E-state index in [1.807, 2.05) is 42.3 Å². The summed E-state index contributed by atoms with van der Waals surface area (Å²) in [4.78, 5) is 9.01. The molecule has 1 fully saturated rings. The van der Waals surface area contributed by atoms with Crippen LogP contribution in [0.3, 0.4) is 0 Å². The minimum absolute atomic E-state index is 0.290. The lowest BCUT2D eigenvalue weighted by molar-refractivity contribution is 0.201. The van der Waals surface area contributed by atoms with Crippen LogP contribution in [0.4, 0.5) is 5.82 Å². The molecule has 24 heavy (non-hydrogen) atoms. The standard InChI is InChI=1S/C17H21ClN6/c1-22(17-4-3-15(18)16(13-19)21-17)14-5-9-23(10-6-14)11-12-24-8-2-7-20-24/h2-4,7-8,14H,5-6,9-12H2,1H3. The SMILES string of the molecule is CN(c1ccc(Cl)c(C#N)n1)C1CCN(CCn2cccn2)CC1. The van der Waals surface area contributed by atoms with Crippen LogP contribution in [0.25, 0.3) is 0 Å². The van der Waals surface area contributed by atoms with Crippen molar-refractivity contribution < 1.29 is 0 Å². The second kappa shape index (κ2) is 7.65. The molecule has 126 valence electrons. The van der Waals surface area contributed by atoms with Crippen molar-refractivity contribution in [1.29, 1.82) is 5.26 Å². The molecule has 1 saturated heterocycles. The molecule has 0 spiro atoms. The van der Waals surface area contributed by atoms with Crippen LogP contribution in [0.2, 0.25) is 5.02 Å². The molecule has 1 aliphatic rings. The molecular formula is C17H21ClN6. The van der Waals surface area contributed by atoms with Crippen molar-refractivity contribution in [2.24, 2.45) is 0 Å². The van der Waals surface area contributed by atoms with Gasteiger partial charge in [-0.2, -0.15) is 10.4 Å². The molecular weight excluding hydrogens is 324 g/mol. The fraction of sp³-hybridized carbons (Fsp3) is 0.471. The minimum Gasteiger partial charge on any atom is -0.357 e. The number of nitrogens with zero attached hydrogens (tertiary/aromatic N) is 6. The van der Waals surface area contributed by atoms with E-state index >= 15 is 0 Å². The molecule has 0 N–H and O–H groups in total. The molecule has 0 aromatic carbocycles. The third-order valence-corrected chi connectivity index (χ3v) is 4.91. The predicted molar refractivity (Wildman–Crippen MR) is 94.1 cm³/mol. The molecule has 0 amide bonds. The average Bonchev–Trinajstić information content (AvgIpc) is 3.14. The third kappa shape index (κ3) is 3.86. The Morgan fingerprint density at radius 2 is 2.12 bits per heavy atom. The Kier molecular flexibility index (Phi) is 5.34. The number of aromatic nitrogens is 3. The monoisotopic (exact) mass is 344 g/mol. The van der Waals surface area contributed by atoms with E-state index < -0.39 is 0 Å². The number of piperidine rings is 1. The lowest BCUT2D eigenvalue weighted by Gasteiger charge is -2.37. The van der Waals surface area contributed by atoms with E-state index in [0.717, 1.165) is 44.8 Å². The van der Waals surface area contributed by atoms with Gasteiger partial charge in [-0.25, -0.2) is 4.98 Å². The maximum Gasteiger partial charge on any atom is 0.161 e. The van der Waals surface area contributed by atoms with Crippen LogP contribution in [0.5, 0.6) is 0 Å². The topological polar surface area (TPSA) is 61.0 Å². The quantitative estimate of drug-likeness (QED) is 0.833. The van der Waals surface area contributed by atoms with Crippen molar-refractivity contribution in [3.63, 3.8) is 0 Å². The summed E-state index contributed by atoms with van der Waals surface area (Å²) in [7, 11) is 2.04. The first-order chi connectivity index (χ1) is 11.7. The van der Waals surface area contributed by atoms with Gasteiger partial charge >= 0.3 is 0 Å². The molecule has 0 aliphatic carbocycles. The van der Waals surface area contributed by atoms with Gasteiger partial charge in [0.05, 0.1) is 11.6 Å². The van der Waals surface area contributed by atoms with Crippen LogP contribution < -0.4 is 4.90 Å². The second-order valence-electron chi connectivity index (χ2n) is 6.06. The fourth-order valence-electron chi connectivity index (χ4n) is 3.10. The van der Waals surface area contributed by atoms with Crippen molar-refractivity contribution in [3.05, 3.63) is 41.3 Å². The number of halogens is 1. The van der Waals surface area contributed by atoms with Crippen LogP contribution in [-0.2, 0) is 6.54 Å². The maximum atomic E-state index is 9.08. The van der Waals surface area contributed by atoms with E-state index in [-0.39, 0.29) is 5.69 Å². The summed E-state index contributed by atoms with van der Waals surface area (Å²) >= 11 is 5.97. The predicted octanol–water partition coefficient (Wildman–Crippen LogP) is 2.40. The zero-order chi connectivity index (χ0) is 16.9. The van der Waals surface area contributed by atoms with Gasteiger partial charge in [0.25, 0.3) is 0 Å². The maximum absolute atomic E-state index is 9.08. The van der Waals surface area contributed by atoms with Gasteiger partial charge in [-0.05, 0) is 31.0 Å². The molecule has 0 unspecified atom stereocenters. The molecule has 2 aromatic rings. The van der Waals surface area contributed by atoms with Crippen molar-refractivity contribution in [2.75, 3.05) is 31.6 Å². The Hall–Kier alpha value is -2.10. The van der Waals surface area contributed by atoms with Gasteiger partial charge in [0.15, 0.2) is 5.69 Å². The Balaban J connectivity index is 1.53. The average molecular weight is 345 g/mol. The van der Waals surface area contributed by atoms with Gasteiger partial charge in [-0.1, -0.05) is 11.6 Å². The first-order valence-corrected chi connectivity index (χ1v) is 8.54. The second-order valence-corrected chi connectivity index (χ2v) is 6.47. The van der Waals surface area contributed by atoms with Crippen LogP contribution in [0.1, 0.15) is 18.5 Å². The summed E-state index contributed by atoms with van der Waals surface area (Å²) in [6.07, 6.45) is 5.99. The summed E-state index contributed by atoms with van der Waals surface area (Å²) in [5.41, 5.74) is 0.290. The number of pyridine rings is 1. The number of likely N-dealkylation sites (tertiary alicyclic amines) is 1. The molecule has 3 heterocycles. The van der Waals surface area contributed by atoms with Crippen molar-refractivity contribution in [1.82, 2.24) is 19.7 Å². The number of hydrogen-bond acceptors (Lipinski definition) is 5. The largest absolute Gasteiger partial charge is 0.357 e. The van der Waals surface area contributed by atoms with Crippen LogP contribution in [0.15, 0.2) is 30.6 Å². The van der Waals surface area contributed by atoms with Gasteiger partial charge in [0, 0.05) is 45.1 Å². The van der Waals surface area contributed by atoms with Gasteiger partial charge in [-0.15, -0.1) is 0 Å². The molecule has 0 bridgehead atoms. The molecule has 1 aliphatic heterocycles. The van der Waals surface area contributed by atoms with Gasteiger partial charge in [-0.3, -0.25) is 4.68 Å². The highest BCUT2D eigenvalue weighted by Crippen LogP contribution is 2.23. The van der Waals surface area contributed by atoms with E-state index in [1.165, 1.54) is 0 Å². The zero-order valence-electron chi connectivity index (χ0n) is 13.8. The Labute approximate surface area is 147 Å². The number of rotatable bonds is 5. The van der Waals surface area contributed by atoms with Gasteiger partial charge < -0.3 is 9.80 Å². The fourth-order valence-corrected chi connectivity index (χ4v) is 3.25. The van der Waals surface area contributed by atoms with E-state index in [4.69, 9.17) is 16.9 Å². The number of hydrogen-bond donors (Lipinski definition) is 0. The van der Waals surface area contributed by atoms with Crippen LogP contribution in [0, 0.1) is 11.3 Å². The van der Waals surface area contributed by atoms with Gasteiger partial charge in [0.2, 0.25) is 0 Å². The molecule has 7 heteroatoms. The minimum atomic E-state index is 0.290. The van der Waals surface area contributed by atoms with E-state index in [2.05, 4.69) is 19.9 Å². The van der Waals surface area contributed by atoms with E-state index in [9.17, 15) is 0 Å². The molecule has 6 nitrogen and oxygen atoms in total. The van der Waals surface area contributed by atoms with E-state index in [0.29, 0.717) is 11.1 Å². The third-order valence-electron chi connectivity index (χ3n) is 4.61. The summed E-state index contributed by atoms with van der Waals surface area (Å²) in [6.45, 7) is 4.08. The summed E-state index contributed by atoms with van der Waals surface area (Å²) in [5, 5.41) is 13.7. The number of anilines is 1.